The average Bonchev–Trinajstić information content (AvgIpc) is 3.87. The van der Waals surface area contributed by atoms with Crippen LogP contribution in [0.1, 0.15) is 66.1 Å². The predicted octanol–water partition coefficient (Wildman–Crippen LogP) is 4.89. The van der Waals surface area contributed by atoms with E-state index in [9.17, 15) is 9.59 Å². The van der Waals surface area contributed by atoms with Gasteiger partial charge in [0.25, 0.3) is 0 Å². The highest BCUT2D eigenvalue weighted by molar-refractivity contribution is 7.10. The van der Waals surface area contributed by atoms with Crippen LogP contribution in [0.3, 0.4) is 0 Å². The van der Waals surface area contributed by atoms with E-state index in [1.54, 1.807) is 54.0 Å². The minimum atomic E-state index is -0.800. The number of likely N-dealkylation sites (tertiary alicyclic amines) is 1. The minimum Gasteiger partial charge on any atom is -0.486 e. The fourth-order valence-electron chi connectivity index (χ4n) is 4.74. The molecule has 1 amide bonds. The molecule has 0 unspecified atom stereocenters. The van der Waals surface area contributed by atoms with Crippen molar-refractivity contribution in [3.63, 3.8) is 0 Å². The van der Waals surface area contributed by atoms with Gasteiger partial charge < -0.3 is 24.4 Å². The van der Waals surface area contributed by atoms with Crippen molar-refractivity contribution in [3.05, 3.63) is 81.2 Å². The summed E-state index contributed by atoms with van der Waals surface area (Å²) in [7, 11) is 0. The number of carbonyl (C=O) groups is 2. The lowest BCUT2D eigenvalue weighted by Gasteiger charge is -2.21. The summed E-state index contributed by atoms with van der Waals surface area (Å²) in [6, 6.07) is 7.68. The molecule has 0 bridgehead atoms. The van der Waals surface area contributed by atoms with Gasteiger partial charge in [-0.2, -0.15) is 0 Å². The van der Waals surface area contributed by atoms with Crippen molar-refractivity contribution in [3.8, 4) is 11.5 Å². The molecule has 0 spiro atoms. The van der Waals surface area contributed by atoms with Gasteiger partial charge in [0.1, 0.15) is 34.7 Å². The fraction of sp³-hybridized carbons (Fsp3) is 0.400. The highest BCUT2D eigenvalue weighted by atomic mass is 32.1. The SMILES string of the molecule is CCOC(=O)C(=O)N1CCC[C@H]1c1nc(COc2cccnc2)cs1.c1cncc(OCc2csc([C@@H]3CCCN3)n2)c1. The van der Waals surface area contributed by atoms with Crippen LogP contribution in [0.4, 0.5) is 0 Å². The van der Waals surface area contributed by atoms with Crippen LogP contribution in [0.25, 0.3) is 0 Å². The van der Waals surface area contributed by atoms with Gasteiger partial charge in [-0.25, -0.2) is 14.8 Å². The molecule has 226 valence electrons. The maximum absolute atomic E-state index is 12.2. The highest BCUT2D eigenvalue weighted by Gasteiger charge is 2.35. The van der Waals surface area contributed by atoms with Crippen molar-refractivity contribution in [2.45, 2.75) is 57.9 Å². The third-order valence-electron chi connectivity index (χ3n) is 6.79. The number of nitrogens with one attached hydrogen (secondary N) is 1. The molecule has 4 aromatic rings. The molecule has 0 aromatic carbocycles. The third kappa shape index (κ3) is 8.55. The lowest BCUT2D eigenvalue weighted by Crippen LogP contribution is -2.37. The molecule has 2 aliphatic heterocycles. The Labute approximate surface area is 258 Å². The van der Waals surface area contributed by atoms with Crippen LogP contribution in [-0.2, 0) is 27.5 Å². The van der Waals surface area contributed by atoms with E-state index in [0.29, 0.717) is 31.5 Å². The molecule has 1 N–H and O–H groups in total. The molecule has 6 rings (SSSR count). The molecule has 4 aromatic heterocycles. The molecule has 43 heavy (non-hydrogen) atoms. The van der Waals surface area contributed by atoms with E-state index < -0.39 is 11.9 Å². The Bertz CT molecular complexity index is 1450. The maximum atomic E-state index is 12.2. The first-order valence-electron chi connectivity index (χ1n) is 14.3. The van der Waals surface area contributed by atoms with E-state index in [2.05, 4.69) is 30.6 Å². The van der Waals surface area contributed by atoms with Crippen LogP contribution in [0, 0.1) is 0 Å². The normalized spacial score (nSPS) is 17.7. The van der Waals surface area contributed by atoms with Crippen molar-refractivity contribution >= 4 is 34.6 Å². The zero-order valence-electron chi connectivity index (χ0n) is 23.9. The monoisotopic (exact) mass is 622 g/mol. The molecule has 0 saturated carbocycles. The summed E-state index contributed by atoms with van der Waals surface area (Å²) in [6.07, 6.45) is 10.8. The minimum absolute atomic E-state index is 0.172. The first kappa shape index (κ1) is 30.5. The van der Waals surface area contributed by atoms with Gasteiger partial charge in [0.05, 0.1) is 42.5 Å². The number of esters is 1. The van der Waals surface area contributed by atoms with E-state index in [1.165, 1.54) is 29.2 Å². The first-order chi connectivity index (χ1) is 21.1. The Balaban J connectivity index is 0.000000180. The summed E-state index contributed by atoms with van der Waals surface area (Å²) >= 11 is 3.19. The molecular weight excluding hydrogens is 589 g/mol. The number of thiazole rings is 2. The van der Waals surface area contributed by atoms with Gasteiger partial charge in [0.2, 0.25) is 0 Å². The van der Waals surface area contributed by atoms with E-state index in [0.717, 1.165) is 41.5 Å². The molecule has 2 atom stereocenters. The third-order valence-corrected chi connectivity index (χ3v) is 8.79. The Morgan fingerprint density at radius 3 is 2.16 bits per heavy atom. The standard InChI is InChI=1S/C17H19N3O4S.C13H15N3OS/c1-2-23-17(22)16(21)20-8-4-6-14(20)15-19-12(11-25-15)10-24-13-5-3-7-18-9-13;1-3-11(7-14-5-1)17-8-10-9-18-13(16-10)12-4-2-6-15-12/h3,5,7,9,11,14H,2,4,6,8,10H2,1H3;1,3,5,7,9,12,15H,2,4,6,8H2/t14-;12-/m00/s1. The van der Waals surface area contributed by atoms with Gasteiger partial charge >= 0.3 is 11.9 Å². The summed E-state index contributed by atoms with van der Waals surface area (Å²) in [5.74, 6) is 0.0712. The summed E-state index contributed by atoms with van der Waals surface area (Å²) in [5.41, 5.74) is 1.78. The number of carbonyl (C=O) groups excluding carboxylic acids is 2. The number of nitrogens with zero attached hydrogens (tertiary/aromatic N) is 5. The van der Waals surface area contributed by atoms with Crippen molar-refractivity contribution in [2.75, 3.05) is 19.7 Å². The van der Waals surface area contributed by atoms with Crippen molar-refractivity contribution in [2.24, 2.45) is 0 Å². The van der Waals surface area contributed by atoms with Gasteiger partial charge in [-0.3, -0.25) is 14.8 Å². The molecule has 13 heteroatoms. The molecule has 2 aliphatic rings. The quantitative estimate of drug-likeness (QED) is 0.204. The topological polar surface area (TPSA) is 129 Å². The van der Waals surface area contributed by atoms with Crippen LogP contribution in [0.15, 0.2) is 59.8 Å². The Morgan fingerprint density at radius 2 is 1.58 bits per heavy atom. The lowest BCUT2D eigenvalue weighted by molar-refractivity contribution is -0.160. The molecule has 2 saturated heterocycles. The van der Waals surface area contributed by atoms with E-state index in [4.69, 9.17) is 14.2 Å². The van der Waals surface area contributed by atoms with Gasteiger partial charge in [0.15, 0.2) is 0 Å². The van der Waals surface area contributed by atoms with Crippen LogP contribution in [0.5, 0.6) is 11.5 Å². The first-order valence-corrected chi connectivity index (χ1v) is 16.0. The summed E-state index contributed by atoms with van der Waals surface area (Å²) in [6.45, 7) is 4.36. The number of pyridine rings is 2. The summed E-state index contributed by atoms with van der Waals surface area (Å²) < 4.78 is 16.1. The zero-order valence-corrected chi connectivity index (χ0v) is 25.5. The number of ether oxygens (including phenoxy) is 3. The summed E-state index contributed by atoms with van der Waals surface area (Å²) in [5, 5.41) is 9.44. The van der Waals surface area contributed by atoms with Crippen molar-refractivity contribution in [1.82, 2.24) is 30.2 Å². The van der Waals surface area contributed by atoms with Gasteiger partial charge in [-0.15, -0.1) is 22.7 Å². The molecule has 0 radical (unpaired) electrons. The van der Waals surface area contributed by atoms with Crippen LogP contribution < -0.4 is 14.8 Å². The number of hydrogen-bond acceptors (Lipinski definition) is 12. The number of hydrogen-bond donors (Lipinski definition) is 1. The number of amides is 1. The lowest BCUT2D eigenvalue weighted by atomic mass is 10.2. The Kier molecular flexibility index (Phi) is 11.0. The molecule has 11 nitrogen and oxygen atoms in total. The van der Waals surface area contributed by atoms with Gasteiger partial charge in [-0.05, 0) is 63.4 Å². The molecular formula is C30H34N6O5S2. The highest BCUT2D eigenvalue weighted by Crippen LogP contribution is 2.34. The molecule has 6 heterocycles. The van der Waals surface area contributed by atoms with E-state index in [-0.39, 0.29) is 12.6 Å². The average molecular weight is 623 g/mol. The van der Waals surface area contributed by atoms with Crippen molar-refractivity contribution < 1.29 is 23.8 Å². The Morgan fingerprint density at radius 1 is 0.930 bits per heavy atom. The second-order valence-electron chi connectivity index (χ2n) is 9.83. The summed E-state index contributed by atoms with van der Waals surface area (Å²) in [4.78, 5) is 42.7. The predicted molar refractivity (Wildman–Crippen MR) is 162 cm³/mol. The van der Waals surface area contributed by atoms with Crippen molar-refractivity contribution in [1.29, 1.82) is 0 Å². The largest absolute Gasteiger partial charge is 0.486 e. The molecule has 0 aliphatic carbocycles. The maximum Gasteiger partial charge on any atom is 0.397 e. The second kappa shape index (κ2) is 15.5. The van der Waals surface area contributed by atoms with Gasteiger partial charge in [-0.1, -0.05) is 0 Å². The number of aromatic nitrogens is 4. The van der Waals surface area contributed by atoms with Crippen LogP contribution >= 0.6 is 22.7 Å². The van der Waals surface area contributed by atoms with Crippen LogP contribution in [0.2, 0.25) is 0 Å². The fourth-order valence-corrected chi connectivity index (χ4v) is 6.61. The van der Waals surface area contributed by atoms with Crippen LogP contribution in [-0.4, -0.2) is 56.4 Å². The zero-order chi connectivity index (χ0) is 29.9. The Hall–Kier alpha value is -3.94. The van der Waals surface area contributed by atoms with Gasteiger partial charge in [0, 0.05) is 29.7 Å². The smallest absolute Gasteiger partial charge is 0.397 e. The van der Waals surface area contributed by atoms with E-state index in [1.807, 2.05) is 23.6 Å². The molecule has 2 fully saturated rings. The van der Waals surface area contributed by atoms with E-state index >= 15 is 0 Å². The second-order valence-corrected chi connectivity index (χ2v) is 11.6. The number of rotatable bonds is 9.